The maximum Gasteiger partial charge on any atom is 0.405 e. The molecule has 0 spiro atoms. The summed E-state index contributed by atoms with van der Waals surface area (Å²) < 4.78 is 38.8. The molecule has 3 rings (SSSR count). The van der Waals surface area contributed by atoms with Crippen LogP contribution in [0.3, 0.4) is 0 Å². The molecule has 2 aromatic rings. The van der Waals surface area contributed by atoms with E-state index < -0.39 is 17.8 Å². The first-order chi connectivity index (χ1) is 11.3. The highest BCUT2D eigenvalue weighted by atomic mass is 35.5. The molecule has 0 unspecified atom stereocenters. The number of aromatic amines is 1. The molecule has 2 N–H and O–H groups in total. The molecule has 6 nitrogen and oxygen atoms in total. The largest absolute Gasteiger partial charge is 0.405 e. The summed E-state index contributed by atoms with van der Waals surface area (Å²) in [7, 11) is 0. The molecule has 1 atom stereocenters. The predicted octanol–water partition coefficient (Wildman–Crippen LogP) is 2.20. The number of nitrogens with one attached hydrogen (secondary N) is 2. The van der Waals surface area contributed by atoms with Gasteiger partial charge < -0.3 is 15.2 Å². The van der Waals surface area contributed by atoms with Crippen LogP contribution in [0.25, 0.3) is 10.7 Å². The third-order valence-corrected chi connectivity index (χ3v) is 4.95. The lowest BCUT2D eigenvalue weighted by Crippen LogP contribution is -2.57. The Morgan fingerprint density at radius 1 is 1.46 bits per heavy atom. The first-order valence-electron chi connectivity index (χ1n) is 7.02. The molecule has 0 saturated carbocycles. The van der Waals surface area contributed by atoms with Crippen LogP contribution < -0.4 is 15.8 Å². The lowest BCUT2D eigenvalue weighted by Gasteiger charge is -2.35. The Kier molecular flexibility index (Phi) is 4.54. The molecule has 0 aliphatic carbocycles. The summed E-state index contributed by atoms with van der Waals surface area (Å²) in [6.07, 6.45) is -4.39. The number of piperazine rings is 1. The zero-order chi connectivity index (χ0) is 17.5. The van der Waals surface area contributed by atoms with E-state index in [1.165, 1.54) is 16.2 Å². The van der Waals surface area contributed by atoms with Crippen molar-refractivity contribution in [2.24, 2.45) is 0 Å². The summed E-state index contributed by atoms with van der Waals surface area (Å²) in [5.74, 6) is 0.306. The number of aryl methyl sites for hydroxylation is 1. The van der Waals surface area contributed by atoms with E-state index in [4.69, 9.17) is 11.6 Å². The second-order valence-corrected chi connectivity index (χ2v) is 6.55. The topological polar surface area (TPSA) is 73.9 Å². The minimum atomic E-state index is -4.39. The zero-order valence-electron chi connectivity index (χ0n) is 12.4. The standard InChI is InChI=1S/C13H13ClF3N5OS/c1-6-9(24-5-19-6)10-20-11(8(14)12(23)21-10)22-3-2-18-7(4-22)13(15,16)17/h5,7,18H,2-4H2,1H3,(H,20,21,23)/t7-/m1/s1. The highest BCUT2D eigenvalue weighted by Gasteiger charge is 2.42. The fourth-order valence-corrected chi connectivity index (χ4v) is 3.41. The summed E-state index contributed by atoms with van der Waals surface area (Å²) in [4.78, 5) is 25.0. The molecule has 11 heteroatoms. The third kappa shape index (κ3) is 3.26. The number of halogens is 4. The minimum absolute atomic E-state index is 0.0546. The quantitative estimate of drug-likeness (QED) is 0.836. The molecular formula is C13H13ClF3N5OS. The molecule has 1 aliphatic heterocycles. The van der Waals surface area contributed by atoms with Crippen LogP contribution in [0.15, 0.2) is 10.3 Å². The van der Waals surface area contributed by atoms with E-state index in [0.29, 0.717) is 10.6 Å². The molecule has 1 aliphatic rings. The van der Waals surface area contributed by atoms with E-state index in [-0.39, 0.29) is 36.3 Å². The summed E-state index contributed by atoms with van der Waals surface area (Å²) in [5.41, 5.74) is 1.68. The number of aromatic nitrogens is 3. The third-order valence-electron chi connectivity index (χ3n) is 3.68. The lowest BCUT2D eigenvalue weighted by molar-refractivity contribution is -0.155. The number of alkyl halides is 3. The van der Waals surface area contributed by atoms with Crippen LogP contribution in [0.4, 0.5) is 19.0 Å². The van der Waals surface area contributed by atoms with Crippen molar-refractivity contribution in [3.8, 4) is 10.7 Å². The van der Waals surface area contributed by atoms with E-state index in [1.807, 2.05) is 0 Å². The van der Waals surface area contributed by atoms with Crippen molar-refractivity contribution in [1.82, 2.24) is 20.3 Å². The number of thiazole rings is 1. The Hall–Kier alpha value is -1.65. The molecule has 0 radical (unpaired) electrons. The maximum atomic E-state index is 12.9. The van der Waals surface area contributed by atoms with E-state index in [1.54, 1.807) is 12.4 Å². The van der Waals surface area contributed by atoms with Gasteiger partial charge in [-0.05, 0) is 6.92 Å². The second-order valence-electron chi connectivity index (χ2n) is 5.31. The van der Waals surface area contributed by atoms with Crippen LogP contribution in [-0.2, 0) is 0 Å². The Bertz CT molecular complexity index is 806. The minimum Gasteiger partial charge on any atom is -0.352 e. The number of nitrogens with zero attached hydrogens (tertiary/aromatic N) is 3. The highest BCUT2D eigenvalue weighted by molar-refractivity contribution is 7.13. The van der Waals surface area contributed by atoms with E-state index in [9.17, 15) is 18.0 Å². The molecule has 130 valence electrons. The van der Waals surface area contributed by atoms with Gasteiger partial charge in [-0.3, -0.25) is 4.79 Å². The van der Waals surface area contributed by atoms with Crippen molar-refractivity contribution in [1.29, 1.82) is 0 Å². The van der Waals surface area contributed by atoms with E-state index in [0.717, 1.165) is 0 Å². The molecule has 0 amide bonds. The van der Waals surface area contributed by atoms with E-state index >= 15 is 0 Å². The molecule has 1 fully saturated rings. The molecule has 0 aromatic carbocycles. The molecule has 3 heterocycles. The summed E-state index contributed by atoms with van der Waals surface area (Å²) in [6, 6.07) is -1.70. The van der Waals surface area contributed by atoms with Gasteiger partial charge in [0.2, 0.25) is 0 Å². The van der Waals surface area contributed by atoms with Crippen LogP contribution >= 0.6 is 22.9 Å². The molecule has 1 saturated heterocycles. The fourth-order valence-electron chi connectivity index (χ4n) is 2.45. The van der Waals surface area contributed by atoms with Crippen molar-refractivity contribution in [2.75, 3.05) is 24.5 Å². The summed E-state index contributed by atoms with van der Waals surface area (Å²) >= 11 is 7.28. The number of hydrogen-bond acceptors (Lipinski definition) is 6. The first kappa shape index (κ1) is 17.2. The van der Waals surface area contributed by atoms with Gasteiger partial charge in [0.1, 0.15) is 11.1 Å². The number of hydrogen-bond donors (Lipinski definition) is 2. The lowest BCUT2D eigenvalue weighted by atomic mass is 10.2. The predicted molar refractivity (Wildman–Crippen MR) is 85.8 cm³/mol. The van der Waals surface area contributed by atoms with Gasteiger partial charge in [-0.15, -0.1) is 11.3 Å². The van der Waals surface area contributed by atoms with Crippen molar-refractivity contribution >= 4 is 28.8 Å². The van der Waals surface area contributed by atoms with Crippen LogP contribution in [-0.4, -0.2) is 46.8 Å². The average Bonchev–Trinajstić information content (AvgIpc) is 2.95. The monoisotopic (exact) mass is 379 g/mol. The highest BCUT2D eigenvalue weighted by Crippen LogP contribution is 2.29. The van der Waals surface area contributed by atoms with Gasteiger partial charge in [-0.2, -0.15) is 13.2 Å². The van der Waals surface area contributed by atoms with Gasteiger partial charge in [-0.1, -0.05) is 11.6 Å². The van der Waals surface area contributed by atoms with Crippen LogP contribution in [0, 0.1) is 6.92 Å². The van der Waals surface area contributed by atoms with Gasteiger partial charge in [0.05, 0.1) is 16.1 Å². The van der Waals surface area contributed by atoms with Gasteiger partial charge in [0.15, 0.2) is 11.6 Å². The van der Waals surface area contributed by atoms with Crippen molar-refractivity contribution in [3.63, 3.8) is 0 Å². The number of H-pyrrole nitrogens is 1. The zero-order valence-corrected chi connectivity index (χ0v) is 14.0. The van der Waals surface area contributed by atoms with Crippen LogP contribution in [0.5, 0.6) is 0 Å². The molecule has 2 aromatic heterocycles. The Balaban J connectivity index is 2.00. The van der Waals surface area contributed by atoms with Crippen LogP contribution in [0.2, 0.25) is 5.02 Å². The normalized spacial score (nSPS) is 18.9. The van der Waals surface area contributed by atoms with Gasteiger partial charge in [0, 0.05) is 19.6 Å². The first-order valence-corrected chi connectivity index (χ1v) is 8.28. The summed E-state index contributed by atoms with van der Waals surface area (Å²) in [5, 5.41) is 2.19. The van der Waals surface area contributed by atoms with Gasteiger partial charge >= 0.3 is 6.18 Å². The Labute approximate surface area is 143 Å². The summed E-state index contributed by atoms with van der Waals surface area (Å²) in [6.45, 7) is 1.78. The SMILES string of the molecule is Cc1ncsc1-c1nc(N2CCN[C@@H](C(F)(F)F)C2)c(Cl)c(=O)[nH]1. The fraction of sp³-hybridized carbons (Fsp3) is 0.462. The number of anilines is 1. The van der Waals surface area contributed by atoms with Crippen molar-refractivity contribution in [2.45, 2.75) is 19.1 Å². The average molecular weight is 380 g/mol. The number of rotatable bonds is 2. The Morgan fingerprint density at radius 2 is 2.21 bits per heavy atom. The Morgan fingerprint density at radius 3 is 2.83 bits per heavy atom. The van der Waals surface area contributed by atoms with Gasteiger partial charge in [0.25, 0.3) is 5.56 Å². The molecule has 24 heavy (non-hydrogen) atoms. The maximum absolute atomic E-state index is 12.9. The van der Waals surface area contributed by atoms with Crippen molar-refractivity contribution in [3.05, 3.63) is 26.6 Å². The smallest absolute Gasteiger partial charge is 0.352 e. The van der Waals surface area contributed by atoms with Crippen LogP contribution in [0.1, 0.15) is 5.69 Å². The molecule has 0 bridgehead atoms. The van der Waals surface area contributed by atoms with Gasteiger partial charge in [-0.25, -0.2) is 9.97 Å². The second kappa shape index (κ2) is 6.34. The molecular weight excluding hydrogens is 367 g/mol. The van der Waals surface area contributed by atoms with E-state index in [2.05, 4.69) is 20.3 Å². The van der Waals surface area contributed by atoms with Crippen molar-refractivity contribution < 1.29 is 13.2 Å².